The van der Waals surface area contributed by atoms with E-state index in [0.29, 0.717) is 11.4 Å². The molecule has 0 aliphatic heterocycles. The molecule has 27 heavy (non-hydrogen) atoms. The summed E-state index contributed by atoms with van der Waals surface area (Å²) in [6.45, 7) is 0.181. The molecule has 0 unspecified atom stereocenters. The van der Waals surface area contributed by atoms with Gasteiger partial charge in [-0.05, 0) is 39.7 Å². The molecule has 0 aliphatic rings. The first-order valence-corrected chi connectivity index (χ1v) is 8.36. The van der Waals surface area contributed by atoms with E-state index >= 15 is 0 Å². The van der Waals surface area contributed by atoms with Crippen molar-refractivity contribution in [3.63, 3.8) is 0 Å². The van der Waals surface area contributed by atoms with Crippen molar-refractivity contribution in [1.82, 2.24) is 14.5 Å². The zero-order valence-electron chi connectivity index (χ0n) is 13.6. The van der Waals surface area contributed by atoms with Gasteiger partial charge in [-0.3, -0.25) is 5.41 Å². The smallest absolute Gasteiger partial charge is 0.331 e. The Labute approximate surface area is 159 Å². The van der Waals surface area contributed by atoms with Gasteiger partial charge in [0, 0.05) is 24.5 Å². The molecule has 0 spiro atoms. The quantitative estimate of drug-likeness (QED) is 0.267. The number of anilines is 1. The Bertz CT molecular complexity index is 983. The fourth-order valence-electron chi connectivity index (χ4n) is 2.33. The number of nitrogens with zero attached hydrogens (tertiary/aromatic N) is 3. The summed E-state index contributed by atoms with van der Waals surface area (Å²) in [7, 11) is 0. The summed E-state index contributed by atoms with van der Waals surface area (Å²) in [5.41, 5.74) is -0.0313. The minimum Gasteiger partial charge on any atom is -0.331 e. The van der Waals surface area contributed by atoms with Gasteiger partial charge in [-0.25, -0.2) is 14.4 Å². The van der Waals surface area contributed by atoms with Gasteiger partial charge < -0.3 is 9.88 Å². The lowest BCUT2D eigenvalue weighted by molar-refractivity contribution is -0.137. The van der Waals surface area contributed by atoms with E-state index < -0.39 is 17.6 Å². The highest BCUT2D eigenvalue weighted by Gasteiger charge is 2.30. The zero-order valence-corrected chi connectivity index (χ0v) is 15.1. The van der Waals surface area contributed by atoms with Gasteiger partial charge in [0.05, 0.1) is 11.9 Å². The van der Waals surface area contributed by atoms with Crippen LogP contribution in [-0.2, 0) is 12.7 Å². The SMILES string of the molecule is N=C(Nc1cn(Cc2cccc(C(F)(F)F)c2)cn1)c1cnc(Br)c(F)c1. The lowest BCUT2D eigenvalue weighted by Crippen LogP contribution is -2.13. The molecule has 0 amide bonds. The molecule has 0 aliphatic carbocycles. The summed E-state index contributed by atoms with van der Waals surface area (Å²) in [4.78, 5) is 7.83. The number of hydrogen-bond donors (Lipinski definition) is 2. The minimum atomic E-state index is -4.40. The number of alkyl halides is 3. The number of rotatable bonds is 4. The molecule has 2 N–H and O–H groups in total. The van der Waals surface area contributed by atoms with E-state index in [-0.39, 0.29) is 22.5 Å². The van der Waals surface area contributed by atoms with Crippen LogP contribution in [0.4, 0.5) is 23.4 Å². The van der Waals surface area contributed by atoms with E-state index in [1.54, 1.807) is 10.6 Å². The normalized spacial score (nSPS) is 11.4. The topological polar surface area (TPSA) is 66.6 Å². The maximum Gasteiger partial charge on any atom is 0.416 e. The molecular formula is C17H12BrF4N5. The third-order valence-electron chi connectivity index (χ3n) is 3.59. The van der Waals surface area contributed by atoms with Crippen molar-refractivity contribution >= 4 is 27.6 Å². The number of benzene rings is 1. The summed E-state index contributed by atoms with van der Waals surface area (Å²) in [6, 6.07) is 6.16. The van der Waals surface area contributed by atoms with E-state index in [2.05, 4.69) is 31.2 Å². The Hall–Kier alpha value is -2.75. The third-order valence-corrected chi connectivity index (χ3v) is 4.17. The van der Waals surface area contributed by atoms with E-state index in [4.69, 9.17) is 5.41 Å². The third kappa shape index (κ3) is 4.70. The maximum atomic E-state index is 13.5. The van der Waals surface area contributed by atoms with Crippen LogP contribution in [-0.4, -0.2) is 20.4 Å². The van der Waals surface area contributed by atoms with Crippen molar-refractivity contribution < 1.29 is 17.6 Å². The van der Waals surface area contributed by atoms with Crippen molar-refractivity contribution in [3.8, 4) is 0 Å². The van der Waals surface area contributed by atoms with Crippen LogP contribution in [0.1, 0.15) is 16.7 Å². The van der Waals surface area contributed by atoms with Gasteiger partial charge in [-0.15, -0.1) is 0 Å². The second kappa shape index (κ2) is 7.47. The van der Waals surface area contributed by atoms with Gasteiger partial charge in [0.25, 0.3) is 0 Å². The summed E-state index contributed by atoms with van der Waals surface area (Å²) >= 11 is 2.93. The van der Waals surface area contributed by atoms with Gasteiger partial charge in [0.1, 0.15) is 16.3 Å². The van der Waals surface area contributed by atoms with Crippen LogP contribution in [0.5, 0.6) is 0 Å². The molecule has 10 heteroatoms. The van der Waals surface area contributed by atoms with Crippen molar-refractivity contribution in [2.24, 2.45) is 0 Å². The summed E-state index contributed by atoms with van der Waals surface area (Å²) in [5.74, 6) is -0.414. The Balaban J connectivity index is 1.70. The summed E-state index contributed by atoms with van der Waals surface area (Å²) < 4.78 is 53.5. The highest BCUT2D eigenvalue weighted by molar-refractivity contribution is 9.10. The van der Waals surface area contributed by atoms with Crippen LogP contribution in [0.25, 0.3) is 0 Å². The molecule has 0 saturated carbocycles. The average molecular weight is 442 g/mol. The van der Waals surface area contributed by atoms with E-state index in [0.717, 1.165) is 18.2 Å². The van der Waals surface area contributed by atoms with Crippen LogP contribution < -0.4 is 5.32 Å². The Morgan fingerprint density at radius 2 is 2.00 bits per heavy atom. The predicted octanol–water partition coefficient (Wildman–Crippen LogP) is 4.68. The van der Waals surface area contributed by atoms with Crippen molar-refractivity contribution in [2.45, 2.75) is 12.7 Å². The Morgan fingerprint density at radius 3 is 2.70 bits per heavy atom. The monoisotopic (exact) mass is 441 g/mol. The van der Waals surface area contributed by atoms with Gasteiger partial charge >= 0.3 is 6.18 Å². The molecule has 2 heterocycles. The molecule has 3 aromatic rings. The second-order valence-corrected chi connectivity index (χ2v) is 6.38. The molecule has 0 atom stereocenters. The van der Waals surface area contributed by atoms with E-state index in [1.807, 2.05) is 0 Å². The molecule has 2 aromatic heterocycles. The van der Waals surface area contributed by atoms with Crippen LogP contribution >= 0.6 is 15.9 Å². The van der Waals surface area contributed by atoms with Crippen molar-refractivity contribution in [1.29, 1.82) is 5.41 Å². The van der Waals surface area contributed by atoms with E-state index in [9.17, 15) is 17.6 Å². The predicted molar refractivity (Wildman–Crippen MR) is 95.1 cm³/mol. The number of pyridine rings is 1. The van der Waals surface area contributed by atoms with Crippen molar-refractivity contribution in [2.75, 3.05) is 5.32 Å². The van der Waals surface area contributed by atoms with Crippen LogP contribution in [0, 0.1) is 11.2 Å². The fraction of sp³-hybridized carbons (Fsp3) is 0.118. The molecule has 0 radical (unpaired) electrons. The molecule has 140 valence electrons. The number of nitrogens with one attached hydrogen (secondary N) is 2. The minimum absolute atomic E-state index is 0.0458. The Kier molecular flexibility index (Phi) is 5.26. The summed E-state index contributed by atoms with van der Waals surface area (Å²) in [6.07, 6.45) is -0.114. The standard InChI is InChI=1S/C17H12BrF4N5/c18-15-13(19)5-11(6-24-15)16(23)26-14-8-27(9-25-14)7-10-2-1-3-12(4-10)17(20,21)22/h1-6,8-9H,7H2,(H2,23,26). The van der Waals surface area contributed by atoms with Crippen molar-refractivity contribution in [3.05, 3.63) is 76.2 Å². The molecule has 3 rings (SSSR count). The molecule has 0 fully saturated rings. The first kappa shape index (κ1) is 19.0. The van der Waals surface area contributed by atoms with Crippen LogP contribution in [0.2, 0.25) is 0 Å². The second-order valence-electron chi connectivity index (χ2n) is 5.63. The fourth-order valence-corrected chi connectivity index (χ4v) is 2.54. The number of imidazole rings is 1. The first-order chi connectivity index (χ1) is 12.7. The summed E-state index contributed by atoms with van der Waals surface area (Å²) in [5, 5.41) is 10.7. The number of halogens is 5. The van der Waals surface area contributed by atoms with Gasteiger partial charge in [0.2, 0.25) is 0 Å². The first-order valence-electron chi connectivity index (χ1n) is 7.57. The number of aromatic nitrogens is 3. The molecular weight excluding hydrogens is 430 g/mol. The number of amidine groups is 1. The highest BCUT2D eigenvalue weighted by Crippen LogP contribution is 2.29. The van der Waals surface area contributed by atoms with Crippen LogP contribution in [0.15, 0.2) is 53.7 Å². The number of hydrogen-bond acceptors (Lipinski definition) is 3. The lowest BCUT2D eigenvalue weighted by atomic mass is 10.1. The Morgan fingerprint density at radius 1 is 1.22 bits per heavy atom. The lowest BCUT2D eigenvalue weighted by Gasteiger charge is -2.09. The maximum absolute atomic E-state index is 13.5. The highest BCUT2D eigenvalue weighted by atomic mass is 79.9. The van der Waals surface area contributed by atoms with Crippen LogP contribution in [0.3, 0.4) is 0 Å². The molecule has 5 nitrogen and oxygen atoms in total. The van der Waals surface area contributed by atoms with Gasteiger partial charge in [0.15, 0.2) is 5.82 Å². The van der Waals surface area contributed by atoms with Gasteiger partial charge in [-0.2, -0.15) is 13.2 Å². The largest absolute Gasteiger partial charge is 0.416 e. The van der Waals surface area contributed by atoms with E-state index in [1.165, 1.54) is 24.8 Å². The zero-order chi connectivity index (χ0) is 19.6. The molecule has 0 bridgehead atoms. The van der Waals surface area contributed by atoms with Gasteiger partial charge in [-0.1, -0.05) is 12.1 Å². The average Bonchev–Trinajstić information content (AvgIpc) is 3.03. The molecule has 0 saturated heterocycles. The molecule has 1 aromatic carbocycles.